The minimum Gasteiger partial charge on any atom is -0.379 e. The average Bonchev–Trinajstić information content (AvgIpc) is 2.38. The summed E-state index contributed by atoms with van der Waals surface area (Å²) in [5.41, 5.74) is 3.11. The molecule has 2 nitrogen and oxygen atoms in total. The molecule has 0 heterocycles. The standard InChI is InChI=1S/C15H16Cl2N2/c1-19(2)15-9-4-3-8-14(15)18-10-11-12(16)6-5-7-13(11)17/h3-9,18H,10H2,1-2H3. The van der Waals surface area contributed by atoms with E-state index < -0.39 is 0 Å². The summed E-state index contributed by atoms with van der Waals surface area (Å²) in [5, 5.41) is 4.75. The van der Waals surface area contributed by atoms with Crippen LogP contribution < -0.4 is 10.2 Å². The first-order chi connectivity index (χ1) is 9.09. The number of hydrogen-bond acceptors (Lipinski definition) is 2. The Hall–Kier alpha value is -1.38. The van der Waals surface area contributed by atoms with E-state index in [-0.39, 0.29) is 0 Å². The summed E-state index contributed by atoms with van der Waals surface area (Å²) in [6, 6.07) is 13.7. The van der Waals surface area contributed by atoms with Gasteiger partial charge in [0.1, 0.15) is 0 Å². The predicted molar refractivity (Wildman–Crippen MR) is 84.6 cm³/mol. The van der Waals surface area contributed by atoms with Crippen LogP contribution in [0.2, 0.25) is 10.0 Å². The van der Waals surface area contributed by atoms with Crippen molar-refractivity contribution in [3.05, 3.63) is 58.1 Å². The third-order valence-corrected chi connectivity index (χ3v) is 3.61. The van der Waals surface area contributed by atoms with E-state index >= 15 is 0 Å². The van der Waals surface area contributed by atoms with Gasteiger partial charge in [-0.3, -0.25) is 0 Å². The second-order valence-corrected chi connectivity index (χ2v) is 5.28. The number of anilines is 2. The SMILES string of the molecule is CN(C)c1ccccc1NCc1c(Cl)cccc1Cl. The summed E-state index contributed by atoms with van der Waals surface area (Å²) in [4.78, 5) is 2.07. The normalized spacial score (nSPS) is 10.3. The first-order valence-electron chi connectivity index (χ1n) is 6.02. The van der Waals surface area contributed by atoms with Gasteiger partial charge in [-0.05, 0) is 24.3 Å². The van der Waals surface area contributed by atoms with Crippen LogP contribution in [0.15, 0.2) is 42.5 Å². The number of hydrogen-bond donors (Lipinski definition) is 1. The van der Waals surface area contributed by atoms with Gasteiger partial charge in [-0.15, -0.1) is 0 Å². The highest BCUT2D eigenvalue weighted by molar-refractivity contribution is 6.36. The van der Waals surface area contributed by atoms with E-state index in [0.29, 0.717) is 16.6 Å². The van der Waals surface area contributed by atoms with Crippen LogP contribution in [0.5, 0.6) is 0 Å². The monoisotopic (exact) mass is 294 g/mol. The van der Waals surface area contributed by atoms with Crippen molar-refractivity contribution in [3.63, 3.8) is 0 Å². The lowest BCUT2D eigenvalue weighted by molar-refractivity contribution is 1.10. The molecule has 0 aromatic heterocycles. The van der Waals surface area contributed by atoms with E-state index in [1.54, 1.807) is 0 Å². The Bertz CT molecular complexity index is 548. The first kappa shape index (κ1) is 14.0. The highest BCUT2D eigenvalue weighted by Gasteiger charge is 2.07. The van der Waals surface area contributed by atoms with Crippen LogP contribution in [-0.2, 0) is 6.54 Å². The Morgan fingerprint density at radius 1 is 0.947 bits per heavy atom. The van der Waals surface area contributed by atoms with Crippen LogP contribution in [0.4, 0.5) is 11.4 Å². The second kappa shape index (κ2) is 6.18. The zero-order valence-electron chi connectivity index (χ0n) is 11.0. The molecule has 0 aliphatic rings. The molecule has 0 spiro atoms. The molecule has 0 saturated heterocycles. The van der Waals surface area contributed by atoms with Gasteiger partial charge in [0.25, 0.3) is 0 Å². The number of nitrogens with one attached hydrogen (secondary N) is 1. The molecule has 0 bridgehead atoms. The molecule has 2 aromatic carbocycles. The molecule has 1 N–H and O–H groups in total. The largest absolute Gasteiger partial charge is 0.379 e. The Labute approximate surface area is 123 Å². The molecule has 0 radical (unpaired) electrons. The smallest absolute Gasteiger partial charge is 0.0596 e. The van der Waals surface area contributed by atoms with Crippen molar-refractivity contribution in [1.82, 2.24) is 0 Å². The van der Waals surface area contributed by atoms with Crippen LogP contribution in [0.25, 0.3) is 0 Å². The summed E-state index contributed by atoms with van der Waals surface area (Å²) in [6.45, 7) is 0.601. The molecule has 0 amide bonds. The van der Waals surface area contributed by atoms with Crippen LogP contribution in [-0.4, -0.2) is 14.1 Å². The maximum absolute atomic E-state index is 6.16. The fourth-order valence-electron chi connectivity index (χ4n) is 1.90. The molecule has 2 aromatic rings. The number of rotatable bonds is 4. The summed E-state index contributed by atoms with van der Waals surface area (Å²) in [5.74, 6) is 0. The highest BCUT2D eigenvalue weighted by Crippen LogP contribution is 2.28. The number of benzene rings is 2. The fraction of sp³-hybridized carbons (Fsp3) is 0.200. The predicted octanol–water partition coefficient (Wildman–Crippen LogP) is 4.67. The molecule has 0 aliphatic carbocycles. The summed E-state index contributed by atoms with van der Waals surface area (Å²) >= 11 is 12.3. The van der Waals surface area contributed by atoms with Crippen LogP contribution >= 0.6 is 23.2 Å². The highest BCUT2D eigenvalue weighted by atomic mass is 35.5. The van der Waals surface area contributed by atoms with Gasteiger partial charge in [-0.25, -0.2) is 0 Å². The third-order valence-electron chi connectivity index (χ3n) is 2.90. The lowest BCUT2D eigenvalue weighted by Gasteiger charge is -2.19. The molecule has 0 saturated carbocycles. The molecule has 0 atom stereocenters. The minimum absolute atomic E-state index is 0.601. The molecule has 0 fully saturated rings. The Morgan fingerprint density at radius 2 is 1.58 bits per heavy atom. The topological polar surface area (TPSA) is 15.3 Å². The van der Waals surface area contributed by atoms with Gasteiger partial charge in [0.2, 0.25) is 0 Å². The third kappa shape index (κ3) is 3.34. The lowest BCUT2D eigenvalue weighted by atomic mass is 10.2. The van der Waals surface area contributed by atoms with Crippen molar-refractivity contribution in [3.8, 4) is 0 Å². The van der Waals surface area contributed by atoms with Gasteiger partial charge in [0.15, 0.2) is 0 Å². The van der Waals surface area contributed by atoms with Crippen molar-refractivity contribution >= 4 is 34.6 Å². The van der Waals surface area contributed by atoms with Gasteiger partial charge < -0.3 is 10.2 Å². The Morgan fingerprint density at radius 3 is 2.21 bits per heavy atom. The van der Waals surface area contributed by atoms with Crippen molar-refractivity contribution in [2.45, 2.75) is 6.54 Å². The summed E-state index contributed by atoms with van der Waals surface area (Å²) < 4.78 is 0. The maximum Gasteiger partial charge on any atom is 0.0596 e. The molecular weight excluding hydrogens is 279 g/mol. The minimum atomic E-state index is 0.601. The quantitative estimate of drug-likeness (QED) is 0.881. The first-order valence-corrected chi connectivity index (χ1v) is 6.78. The Kier molecular flexibility index (Phi) is 4.56. The van der Waals surface area contributed by atoms with Crippen LogP contribution in [0.1, 0.15) is 5.56 Å². The number of nitrogens with zero attached hydrogens (tertiary/aromatic N) is 1. The summed E-state index contributed by atoms with van der Waals surface area (Å²) in [7, 11) is 4.03. The molecule has 4 heteroatoms. The second-order valence-electron chi connectivity index (χ2n) is 4.47. The molecule has 100 valence electrons. The van der Waals surface area contributed by atoms with Gasteiger partial charge in [-0.1, -0.05) is 41.4 Å². The van der Waals surface area contributed by atoms with E-state index in [2.05, 4.69) is 16.3 Å². The van der Waals surface area contributed by atoms with E-state index in [1.807, 2.05) is 50.5 Å². The number of halogens is 2. The van der Waals surface area contributed by atoms with Crippen molar-refractivity contribution in [2.75, 3.05) is 24.3 Å². The van der Waals surface area contributed by atoms with Gasteiger partial charge in [-0.2, -0.15) is 0 Å². The van der Waals surface area contributed by atoms with Gasteiger partial charge >= 0.3 is 0 Å². The molecule has 2 rings (SSSR count). The molecular formula is C15H16Cl2N2. The van der Waals surface area contributed by atoms with Gasteiger partial charge in [0.05, 0.1) is 11.4 Å². The molecule has 0 unspecified atom stereocenters. The van der Waals surface area contributed by atoms with Gasteiger partial charge in [0, 0.05) is 36.2 Å². The van der Waals surface area contributed by atoms with Crippen molar-refractivity contribution in [2.24, 2.45) is 0 Å². The zero-order valence-corrected chi connectivity index (χ0v) is 12.5. The van der Waals surface area contributed by atoms with Crippen molar-refractivity contribution in [1.29, 1.82) is 0 Å². The Balaban J connectivity index is 2.19. The average molecular weight is 295 g/mol. The lowest BCUT2D eigenvalue weighted by Crippen LogP contribution is -2.12. The fourth-order valence-corrected chi connectivity index (χ4v) is 2.43. The van der Waals surface area contributed by atoms with E-state index in [4.69, 9.17) is 23.2 Å². The number of para-hydroxylation sites is 2. The van der Waals surface area contributed by atoms with E-state index in [9.17, 15) is 0 Å². The van der Waals surface area contributed by atoms with Crippen molar-refractivity contribution < 1.29 is 0 Å². The molecule has 19 heavy (non-hydrogen) atoms. The molecule has 0 aliphatic heterocycles. The zero-order chi connectivity index (χ0) is 13.8. The van der Waals surface area contributed by atoms with Crippen LogP contribution in [0.3, 0.4) is 0 Å². The van der Waals surface area contributed by atoms with E-state index in [0.717, 1.165) is 16.9 Å². The van der Waals surface area contributed by atoms with Crippen LogP contribution in [0, 0.1) is 0 Å². The summed E-state index contributed by atoms with van der Waals surface area (Å²) in [6.07, 6.45) is 0. The van der Waals surface area contributed by atoms with E-state index in [1.165, 1.54) is 0 Å². The maximum atomic E-state index is 6.16.